The van der Waals surface area contributed by atoms with Crippen LogP contribution >= 0.6 is 11.6 Å². The molecule has 6 rings (SSSR count). The van der Waals surface area contributed by atoms with E-state index in [1.54, 1.807) is 13.3 Å². The molecule has 0 saturated carbocycles. The molecule has 2 aliphatic heterocycles. The molecule has 4 heterocycles. The Morgan fingerprint density at radius 3 is 2.91 bits per heavy atom. The molecule has 0 spiro atoms. The number of H-pyrrole nitrogens is 1. The molecule has 2 N–H and O–H groups in total. The summed E-state index contributed by atoms with van der Waals surface area (Å²) in [6.45, 7) is 5.22. The number of hydrogen-bond donors (Lipinski definition) is 2. The number of nitrogens with one attached hydrogen (secondary N) is 2. The summed E-state index contributed by atoms with van der Waals surface area (Å²) in [5.74, 6) is 2.77. The predicted molar refractivity (Wildman–Crippen MR) is 126 cm³/mol. The Hall–Kier alpha value is -3.25. The van der Waals surface area contributed by atoms with Gasteiger partial charge < -0.3 is 19.8 Å². The van der Waals surface area contributed by atoms with Gasteiger partial charge in [-0.2, -0.15) is 0 Å². The maximum Gasteiger partial charge on any atom is 0.157 e. The molecule has 2 aromatic carbocycles. The molecular weight excluding hydrogens is 424 g/mol. The van der Waals surface area contributed by atoms with Crippen LogP contribution in [0, 0.1) is 5.92 Å². The van der Waals surface area contributed by atoms with Gasteiger partial charge in [0.1, 0.15) is 22.8 Å². The third kappa shape index (κ3) is 2.79. The molecule has 2 aliphatic rings. The van der Waals surface area contributed by atoms with Gasteiger partial charge in [0.15, 0.2) is 5.65 Å². The number of benzene rings is 2. The number of pyridine rings is 1. The van der Waals surface area contributed by atoms with Crippen molar-refractivity contribution in [2.45, 2.75) is 25.3 Å². The van der Waals surface area contributed by atoms with Crippen molar-refractivity contribution in [3.63, 3.8) is 0 Å². The average Bonchev–Trinajstić information content (AvgIpc) is 3.21. The van der Waals surface area contributed by atoms with Crippen molar-refractivity contribution >= 4 is 28.5 Å². The number of hydrogen-bond acceptors (Lipinski definition) is 5. The molecule has 4 aromatic rings. The smallest absolute Gasteiger partial charge is 0.157 e. The second-order valence-corrected chi connectivity index (χ2v) is 9.44. The molecule has 0 amide bonds. The molecular formula is C25H23ClN4O2. The SMILES string of the molecule is COc1cccc2c1[C@H]1Nc3ccc(-c4nc5cc(Cl)cnc5[nH]4)cc3C(C)(C)[C@H]1CO2. The average molecular weight is 447 g/mol. The van der Waals surface area contributed by atoms with Gasteiger partial charge in [-0.1, -0.05) is 31.5 Å². The Morgan fingerprint density at radius 1 is 1.19 bits per heavy atom. The number of fused-ring (bicyclic) bond motifs is 5. The van der Waals surface area contributed by atoms with Gasteiger partial charge in [-0.25, -0.2) is 9.97 Å². The first-order valence-corrected chi connectivity index (χ1v) is 11.1. The molecule has 0 aliphatic carbocycles. The lowest BCUT2D eigenvalue weighted by molar-refractivity contribution is 0.133. The lowest BCUT2D eigenvalue weighted by atomic mass is 9.65. The summed E-state index contributed by atoms with van der Waals surface area (Å²) in [7, 11) is 1.71. The fourth-order valence-corrected chi connectivity index (χ4v) is 5.29. The zero-order valence-electron chi connectivity index (χ0n) is 18.1. The Kier molecular flexibility index (Phi) is 4.17. The number of nitrogens with zero attached hydrogens (tertiary/aromatic N) is 2. The number of aromatic nitrogens is 3. The topological polar surface area (TPSA) is 72.1 Å². The number of aromatic amines is 1. The van der Waals surface area contributed by atoms with E-state index in [-0.39, 0.29) is 17.4 Å². The lowest BCUT2D eigenvalue weighted by Gasteiger charge is -2.48. The van der Waals surface area contributed by atoms with Gasteiger partial charge in [-0.15, -0.1) is 0 Å². The lowest BCUT2D eigenvalue weighted by Crippen LogP contribution is -2.46. The highest BCUT2D eigenvalue weighted by atomic mass is 35.5. The molecule has 0 radical (unpaired) electrons. The molecule has 0 fully saturated rings. The molecule has 2 atom stereocenters. The third-order valence-corrected chi connectivity index (χ3v) is 7.11. The maximum absolute atomic E-state index is 6.19. The molecule has 7 heteroatoms. The van der Waals surface area contributed by atoms with Gasteiger partial charge in [0, 0.05) is 28.8 Å². The summed E-state index contributed by atoms with van der Waals surface area (Å²) in [6, 6.07) is 14.4. The Labute approximate surface area is 190 Å². The number of imidazole rings is 1. The summed E-state index contributed by atoms with van der Waals surface area (Å²) in [5.41, 5.74) is 5.82. The van der Waals surface area contributed by atoms with Gasteiger partial charge in [0.2, 0.25) is 0 Å². The fourth-order valence-electron chi connectivity index (χ4n) is 5.13. The van der Waals surface area contributed by atoms with E-state index >= 15 is 0 Å². The van der Waals surface area contributed by atoms with E-state index in [2.05, 4.69) is 47.3 Å². The molecule has 0 bridgehead atoms. The zero-order valence-corrected chi connectivity index (χ0v) is 18.8. The third-order valence-electron chi connectivity index (χ3n) is 6.91. The fraction of sp³-hybridized carbons (Fsp3) is 0.280. The van der Waals surface area contributed by atoms with Crippen LogP contribution in [0.2, 0.25) is 5.02 Å². The van der Waals surface area contributed by atoms with E-state index in [0.717, 1.165) is 45.3 Å². The van der Waals surface area contributed by atoms with Crippen molar-refractivity contribution in [3.05, 3.63) is 64.8 Å². The Balaban J connectivity index is 1.45. The van der Waals surface area contributed by atoms with Crippen LogP contribution in [0.5, 0.6) is 11.5 Å². The van der Waals surface area contributed by atoms with Crippen molar-refractivity contribution in [2.24, 2.45) is 5.92 Å². The highest BCUT2D eigenvalue weighted by Gasteiger charge is 2.47. The quantitative estimate of drug-likeness (QED) is 0.410. The first kappa shape index (κ1) is 19.4. The minimum atomic E-state index is -0.132. The number of ether oxygens (including phenoxy) is 2. The first-order chi connectivity index (χ1) is 15.5. The van der Waals surface area contributed by atoms with Gasteiger partial charge in [-0.05, 0) is 42.0 Å². The summed E-state index contributed by atoms with van der Waals surface area (Å²) in [6.07, 6.45) is 1.63. The van der Waals surface area contributed by atoms with Crippen molar-refractivity contribution in [1.82, 2.24) is 15.0 Å². The summed E-state index contributed by atoms with van der Waals surface area (Å²) >= 11 is 6.08. The zero-order chi connectivity index (χ0) is 22.0. The Morgan fingerprint density at radius 2 is 2.06 bits per heavy atom. The summed E-state index contributed by atoms with van der Waals surface area (Å²) < 4.78 is 11.9. The van der Waals surface area contributed by atoms with Gasteiger partial charge >= 0.3 is 0 Å². The number of halogens is 1. The van der Waals surface area contributed by atoms with E-state index in [4.69, 9.17) is 26.1 Å². The molecule has 0 saturated heterocycles. The van der Waals surface area contributed by atoms with E-state index in [1.165, 1.54) is 5.56 Å². The molecule has 2 aromatic heterocycles. The van der Waals surface area contributed by atoms with Gasteiger partial charge in [0.05, 0.1) is 30.3 Å². The summed E-state index contributed by atoms with van der Waals surface area (Å²) in [4.78, 5) is 12.4. The maximum atomic E-state index is 6.19. The number of methoxy groups -OCH3 is 1. The van der Waals surface area contributed by atoms with Crippen LogP contribution in [-0.2, 0) is 5.41 Å². The van der Waals surface area contributed by atoms with Crippen molar-refractivity contribution in [2.75, 3.05) is 19.0 Å². The van der Waals surface area contributed by atoms with E-state index < -0.39 is 0 Å². The molecule has 0 unspecified atom stereocenters. The van der Waals surface area contributed by atoms with Crippen molar-refractivity contribution < 1.29 is 9.47 Å². The van der Waals surface area contributed by atoms with E-state index in [9.17, 15) is 0 Å². The van der Waals surface area contributed by atoms with Crippen LogP contribution < -0.4 is 14.8 Å². The van der Waals surface area contributed by atoms with E-state index in [1.807, 2.05) is 24.3 Å². The van der Waals surface area contributed by atoms with E-state index in [0.29, 0.717) is 11.6 Å². The van der Waals surface area contributed by atoms with Crippen LogP contribution in [-0.4, -0.2) is 28.7 Å². The summed E-state index contributed by atoms with van der Waals surface area (Å²) in [5, 5.41) is 4.35. The molecule has 162 valence electrons. The highest BCUT2D eigenvalue weighted by molar-refractivity contribution is 6.31. The standard InChI is InChI=1S/C25H23ClN4O2/c1-25(2)15-9-13(23-29-18-10-14(26)11-27-24(18)30-23)7-8-17(15)28-22-16(25)12-32-20-6-4-5-19(31-3)21(20)22/h4-11,16,22,28H,12H2,1-3H3,(H,27,29,30)/t16-,22-/m0/s1. The number of anilines is 1. The normalized spacial score (nSPS) is 20.5. The second kappa shape index (κ2) is 6.87. The monoisotopic (exact) mass is 446 g/mol. The van der Waals surface area contributed by atoms with Crippen molar-refractivity contribution in [1.29, 1.82) is 0 Å². The largest absolute Gasteiger partial charge is 0.496 e. The molecule has 6 nitrogen and oxygen atoms in total. The minimum Gasteiger partial charge on any atom is -0.496 e. The number of rotatable bonds is 2. The van der Waals surface area contributed by atoms with Gasteiger partial charge in [-0.3, -0.25) is 0 Å². The van der Waals surface area contributed by atoms with Crippen LogP contribution in [0.4, 0.5) is 5.69 Å². The van der Waals surface area contributed by atoms with Crippen LogP contribution in [0.25, 0.3) is 22.6 Å². The van der Waals surface area contributed by atoms with Crippen LogP contribution in [0.3, 0.4) is 0 Å². The van der Waals surface area contributed by atoms with Crippen LogP contribution in [0.15, 0.2) is 48.7 Å². The van der Waals surface area contributed by atoms with Crippen molar-refractivity contribution in [3.8, 4) is 22.9 Å². The first-order valence-electron chi connectivity index (χ1n) is 10.7. The minimum absolute atomic E-state index is 0.112. The predicted octanol–water partition coefficient (Wildman–Crippen LogP) is 5.74. The van der Waals surface area contributed by atoms with Crippen LogP contribution in [0.1, 0.15) is 31.0 Å². The Bertz CT molecular complexity index is 1350. The van der Waals surface area contributed by atoms with Gasteiger partial charge in [0.25, 0.3) is 0 Å². The second-order valence-electron chi connectivity index (χ2n) is 9.00. The highest BCUT2D eigenvalue weighted by Crippen LogP contribution is 2.54. The molecule has 32 heavy (non-hydrogen) atoms.